The van der Waals surface area contributed by atoms with E-state index in [4.69, 9.17) is 11.1 Å². The minimum Gasteiger partial charge on any atom is -0.384 e. The first-order chi connectivity index (χ1) is 7.15. The van der Waals surface area contributed by atoms with Gasteiger partial charge in [-0.3, -0.25) is 10.2 Å². The van der Waals surface area contributed by atoms with Crippen LogP contribution in [-0.2, 0) is 6.42 Å². The number of hydrogen-bond donors (Lipinski definition) is 3. The SMILES string of the molecule is CCCCCc1ccc(C(=N)N)c(=O)[nH]1. The van der Waals surface area contributed by atoms with Crippen molar-refractivity contribution in [2.45, 2.75) is 32.6 Å². The van der Waals surface area contributed by atoms with Crippen LogP contribution in [0.4, 0.5) is 0 Å². The van der Waals surface area contributed by atoms with Crippen molar-refractivity contribution < 1.29 is 0 Å². The molecule has 4 nitrogen and oxygen atoms in total. The Morgan fingerprint density at radius 3 is 2.73 bits per heavy atom. The van der Waals surface area contributed by atoms with Crippen molar-refractivity contribution in [2.75, 3.05) is 0 Å². The summed E-state index contributed by atoms with van der Waals surface area (Å²) in [5.41, 5.74) is 6.14. The van der Waals surface area contributed by atoms with Crippen molar-refractivity contribution in [3.63, 3.8) is 0 Å². The lowest BCUT2D eigenvalue weighted by molar-refractivity contribution is 0.706. The number of nitrogen functional groups attached to an aromatic ring is 1. The molecule has 0 atom stereocenters. The smallest absolute Gasteiger partial charge is 0.259 e. The van der Waals surface area contributed by atoms with Crippen LogP contribution >= 0.6 is 0 Å². The number of aromatic nitrogens is 1. The number of aryl methyl sites for hydroxylation is 1. The maximum atomic E-state index is 11.4. The Labute approximate surface area is 89.0 Å². The molecule has 0 unspecified atom stereocenters. The van der Waals surface area contributed by atoms with Gasteiger partial charge in [0.05, 0.1) is 5.56 Å². The Bertz CT molecular complexity index is 395. The minimum atomic E-state index is -0.267. The van der Waals surface area contributed by atoms with Crippen LogP contribution in [-0.4, -0.2) is 10.8 Å². The van der Waals surface area contributed by atoms with E-state index in [0.29, 0.717) is 0 Å². The number of amidine groups is 1. The number of aromatic amines is 1. The summed E-state index contributed by atoms with van der Waals surface area (Å²) in [6, 6.07) is 3.44. The van der Waals surface area contributed by atoms with Gasteiger partial charge in [0.15, 0.2) is 0 Å². The maximum Gasteiger partial charge on any atom is 0.259 e. The third-order valence-corrected chi connectivity index (χ3v) is 2.31. The van der Waals surface area contributed by atoms with E-state index in [-0.39, 0.29) is 17.0 Å². The molecule has 4 N–H and O–H groups in total. The number of hydrogen-bond acceptors (Lipinski definition) is 2. The van der Waals surface area contributed by atoms with Gasteiger partial charge < -0.3 is 10.7 Å². The number of nitrogens with two attached hydrogens (primary N) is 1. The Morgan fingerprint density at radius 1 is 1.47 bits per heavy atom. The van der Waals surface area contributed by atoms with Gasteiger partial charge in [-0.15, -0.1) is 0 Å². The molecule has 0 saturated carbocycles. The molecule has 0 aliphatic heterocycles. The van der Waals surface area contributed by atoms with E-state index in [1.807, 2.05) is 6.07 Å². The number of nitrogens with one attached hydrogen (secondary N) is 2. The highest BCUT2D eigenvalue weighted by Gasteiger charge is 2.03. The second-order valence-electron chi connectivity index (χ2n) is 3.60. The fourth-order valence-corrected chi connectivity index (χ4v) is 1.44. The first-order valence-corrected chi connectivity index (χ1v) is 5.21. The summed E-state index contributed by atoms with van der Waals surface area (Å²) in [5, 5.41) is 7.17. The largest absolute Gasteiger partial charge is 0.384 e. The highest BCUT2D eigenvalue weighted by atomic mass is 16.1. The van der Waals surface area contributed by atoms with Crippen molar-refractivity contribution in [1.82, 2.24) is 4.98 Å². The summed E-state index contributed by atoms with van der Waals surface area (Å²) in [6.45, 7) is 2.14. The van der Waals surface area contributed by atoms with Crippen LogP contribution in [0.3, 0.4) is 0 Å². The van der Waals surface area contributed by atoms with Crippen LogP contribution < -0.4 is 11.3 Å². The Kier molecular flexibility index (Phi) is 4.09. The molecule has 0 spiro atoms. The number of rotatable bonds is 5. The average molecular weight is 207 g/mol. The highest BCUT2D eigenvalue weighted by Crippen LogP contribution is 2.02. The summed E-state index contributed by atoms with van der Waals surface area (Å²) in [6.07, 6.45) is 4.28. The Hall–Kier alpha value is -1.58. The zero-order valence-corrected chi connectivity index (χ0v) is 8.97. The molecule has 0 saturated heterocycles. The van der Waals surface area contributed by atoms with Crippen molar-refractivity contribution in [1.29, 1.82) is 5.41 Å². The highest BCUT2D eigenvalue weighted by molar-refractivity contribution is 5.94. The zero-order chi connectivity index (χ0) is 11.3. The van der Waals surface area contributed by atoms with Crippen molar-refractivity contribution >= 4 is 5.84 Å². The molecule has 1 aromatic heterocycles. The standard InChI is InChI=1S/C11H17N3O/c1-2-3-4-5-8-6-7-9(10(12)13)11(15)14-8/h6-7H,2-5H2,1H3,(H3,12,13)(H,14,15). The van der Waals surface area contributed by atoms with E-state index in [9.17, 15) is 4.79 Å². The molecule has 0 fully saturated rings. The van der Waals surface area contributed by atoms with E-state index in [0.717, 1.165) is 31.4 Å². The van der Waals surface area contributed by atoms with Gasteiger partial charge >= 0.3 is 0 Å². The minimum absolute atomic E-state index is 0.184. The third kappa shape index (κ3) is 3.23. The van der Waals surface area contributed by atoms with Gasteiger partial charge in [-0.2, -0.15) is 0 Å². The van der Waals surface area contributed by atoms with E-state index in [1.54, 1.807) is 6.07 Å². The predicted molar refractivity (Wildman–Crippen MR) is 61.3 cm³/mol. The molecular weight excluding hydrogens is 190 g/mol. The second-order valence-corrected chi connectivity index (χ2v) is 3.60. The van der Waals surface area contributed by atoms with Gasteiger partial charge in [-0.1, -0.05) is 19.8 Å². The molecule has 0 bridgehead atoms. The van der Waals surface area contributed by atoms with Gasteiger partial charge in [0.1, 0.15) is 5.84 Å². The van der Waals surface area contributed by atoms with Crippen LogP contribution in [0.15, 0.2) is 16.9 Å². The monoisotopic (exact) mass is 207 g/mol. The van der Waals surface area contributed by atoms with Crippen molar-refractivity contribution in [2.24, 2.45) is 5.73 Å². The fourth-order valence-electron chi connectivity index (χ4n) is 1.44. The first kappa shape index (κ1) is 11.5. The molecule has 0 aliphatic carbocycles. The van der Waals surface area contributed by atoms with E-state index < -0.39 is 0 Å². The third-order valence-electron chi connectivity index (χ3n) is 2.31. The molecular formula is C11H17N3O. The lowest BCUT2D eigenvalue weighted by Crippen LogP contribution is -2.24. The van der Waals surface area contributed by atoms with Crippen LogP contribution in [0.25, 0.3) is 0 Å². The van der Waals surface area contributed by atoms with Crippen LogP contribution in [0.2, 0.25) is 0 Å². The normalized spacial score (nSPS) is 10.2. The zero-order valence-electron chi connectivity index (χ0n) is 8.97. The number of H-pyrrole nitrogens is 1. The van der Waals surface area contributed by atoms with Crippen LogP contribution in [0.5, 0.6) is 0 Å². The van der Waals surface area contributed by atoms with E-state index >= 15 is 0 Å². The first-order valence-electron chi connectivity index (χ1n) is 5.21. The average Bonchev–Trinajstić information content (AvgIpc) is 2.17. The Balaban J connectivity index is 2.74. The van der Waals surface area contributed by atoms with E-state index in [1.165, 1.54) is 0 Å². The van der Waals surface area contributed by atoms with Gasteiger partial charge in [-0.25, -0.2) is 0 Å². The van der Waals surface area contributed by atoms with Gasteiger partial charge in [0, 0.05) is 5.69 Å². The molecule has 0 radical (unpaired) electrons. The van der Waals surface area contributed by atoms with Crippen molar-refractivity contribution in [3.8, 4) is 0 Å². The molecule has 1 heterocycles. The molecule has 0 amide bonds. The van der Waals surface area contributed by atoms with Gasteiger partial charge in [0.2, 0.25) is 0 Å². The number of pyridine rings is 1. The lowest BCUT2D eigenvalue weighted by atomic mass is 10.1. The fraction of sp³-hybridized carbons (Fsp3) is 0.455. The molecule has 1 aromatic rings. The maximum absolute atomic E-state index is 11.4. The molecule has 4 heteroatoms. The number of unbranched alkanes of at least 4 members (excludes halogenated alkanes) is 2. The van der Waals surface area contributed by atoms with Gasteiger partial charge in [-0.05, 0) is 25.0 Å². The molecule has 0 aliphatic rings. The van der Waals surface area contributed by atoms with Crippen LogP contribution in [0.1, 0.15) is 37.4 Å². The summed E-state index contributed by atoms with van der Waals surface area (Å²) in [4.78, 5) is 14.2. The summed E-state index contributed by atoms with van der Waals surface area (Å²) < 4.78 is 0. The van der Waals surface area contributed by atoms with Crippen LogP contribution in [0, 0.1) is 5.41 Å². The lowest BCUT2D eigenvalue weighted by Gasteiger charge is -2.02. The second kappa shape index (κ2) is 5.34. The summed E-state index contributed by atoms with van der Waals surface area (Å²) in [5.74, 6) is -0.184. The van der Waals surface area contributed by atoms with E-state index in [2.05, 4.69) is 11.9 Å². The Morgan fingerprint density at radius 2 is 2.20 bits per heavy atom. The topological polar surface area (TPSA) is 82.7 Å². The quantitative estimate of drug-likeness (QED) is 0.387. The van der Waals surface area contributed by atoms with Crippen molar-refractivity contribution in [3.05, 3.63) is 33.7 Å². The molecule has 0 aromatic carbocycles. The summed E-state index contributed by atoms with van der Waals surface area (Å²) >= 11 is 0. The molecule has 82 valence electrons. The molecule has 1 rings (SSSR count). The van der Waals surface area contributed by atoms with Gasteiger partial charge in [0.25, 0.3) is 5.56 Å². The summed E-state index contributed by atoms with van der Waals surface area (Å²) in [7, 11) is 0. The molecule has 15 heavy (non-hydrogen) atoms. The predicted octanol–water partition coefficient (Wildman–Crippen LogP) is 1.39.